The Hall–Kier alpha value is -0.980. The van der Waals surface area contributed by atoms with Gasteiger partial charge in [-0.15, -0.1) is 0 Å². The third-order valence-electron chi connectivity index (χ3n) is 3.39. The van der Waals surface area contributed by atoms with Gasteiger partial charge in [0.15, 0.2) is 5.96 Å². The normalized spacial score (nSPS) is 24.3. The summed E-state index contributed by atoms with van der Waals surface area (Å²) in [5.41, 5.74) is 0. The number of rotatable bonds is 5. The van der Waals surface area contributed by atoms with Crippen molar-refractivity contribution in [1.82, 2.24) is 10.2 Å². The molecule has 0 aromatic heterocycles. The Morgan fingerprint density at radius 3 is 2.43 bits per heavy atom. The number of nitrogens with one attached hydrogen (secondary N) is 1. The first-order valence-corrected chi connectivity index (χ1v) is 7.42. The molecule has 1 rings (SSSR count). The highest BCUT2D eigenvalue weighted by molar-refractivity contribution is 5.79. The van der Waals surface area contributed by atoms with Crippen LogP contribution >= 0.6 is 0 Å². The lowest BCUT2D eigenvalue weighted by atomic mass is 9.92. The maximum Gasteiger partial charge on any atom is 0.411 e. The summed E-state index contributed by atoms with van der Waals surface area (Å²) in [6, 6.07) is 0. The first kappa shape index (κ1) is 18.1. The summed E-state index contributed by atoms with van der Waals surface area (Å²) >= 11 is 0. The molecule has 0 aromatic carbocycles. The van der Waals surface area contributed by atoms with Gasteiger partial charge >= 0.3 is 6.18 Å². The predicted octanol–water partition coefficient (Wildman–Crippen LogP) is 2.51. The Labute approximate surface area is 124 Å². The van der Waals surface area contributed by atoms with Crippen molar-refractivity contribution in [1.29, 1.82) is 0 Å². The summed E-state index contributed by atoms with van der Waals surface area (Å²) in [5, 5.41) is 3.19. The number of hydrogen-bond donors (Lipinski definition) is 1. The van der Waals surface area contributed by atoms with Crippen molar-refractivity contribution in [2.45, 2.75) is 32.9 Å². The molecular formula is C14H26F3N3O. The summed E-state index contributed by atoms with van der Waals surface area (Å²) in [6.45, 7) is 5.86. The first-order chi connectivity index (χ1) is 9.81. The van der Waals surface area contributed by atoms with E-state index in [1.54, 1.807) is 7.05 Å². The SMILES string of the molecule is CN=C(NCCCOCC(F)(F)F)N1CC(C)CC(C)C1. The Morgan fingerprint density at radius 1 is 1.29 bits per heavy atom. The second-order valence-electron chi connectivity index (χ2n) is 5.85. The summed E-state index contributed by atoms with van der Waals surface area (Å²) in [5.74, 6) is 2.08. The van der Waals surface area contributed by atoms with Crippen molar-refractivity contribution in [3.05, 3.63) is 0 Å². The average Bonchev–Trinajstić information content (AvgIpc) is 2.35. The summed E-state index contributed by atoms with van der Waals surface area (Å²) in [4.78, 5) is 6.47. The molecule has 1 fully saturated rings. The Kier molecular flexibility index (Phi) is 7.28. The van der Waals surface area contributed by atoms with E-state index >= 15 is 0 Å². The van der Waals surface area contributed by atoms with Gasteiger partial charge in [-0.1, -0.05) is 13.8 Å². The number of alkyl halides is 3. The molecule has 0 saturated carbocycles. The van der Waals surface area contributed by atoms with Gasteiger partial charge in [0.05, 0.1) is 0 Å². The van der Waals surface area contributed by atoms with Gasteiger partial charge < -0.3 is 15.0 Å². The zero-order valence-corrected chi connectivity index (χ0v) is 13.0. The summed E-state index contributed by atoms with van der Waals surface area (Å²) in [7, 11) is 1.73. The van der Waals surface area contributed by atoms with E-state index in [0.29, 0.717) is 24.8 Å². The molecule has 1 N–H and O–H groups in total. The molecule has 0 bridgehead atoms. The lowest BCUT2D eigenvalue weighted by Crippen LogP contribution is -2.48. The van der Waals surface area contributed by atoms with Crippen molar-refractivity contribution < 1.29 is 17.9 Å². The smallest absolute Gasteiger partial charge is 0.372 e. The van der Waals surface area contributed by atoms with Crippen molar-refractivity contribution in [2.75, 3.05) is 39.9 Å². The average molecular weight is 309 g/mol. The fourth-order valence-corrected chi connectivity index (χ4v) is 2.73. The van der Waals surface area contributed by atoms with E-state index in [-0.39, 0.29) is 6.61 Å². The highest BCUT2D eigenvalue weighted by Crippen LogP contribution is 2.20. The minimum atomic E-state index is -4.25. The number of guanidine groups is 1. The second kappa shape index (κ2) is 8.46. The van der Waals surface area contributed by atoms with Crippen LogP contribution in [0.4, 0.5) is 13.2 Å². The number of ether oxygens (including phenoxy) is 1. The number of likely N-dealkylation sites (tertiary alicyclic amines) is 1. The van der Waals surface area contributed by atoms with Gasteiger partial charge in [0.1, 0.15) is 6.61 Å². The third kappa shape index (κ3) is 7.55. The monoisotopic (exact) mass is 309 g/mol. The lowest BCUT2D eigenvalue weighted by Gasteiger charge is -2.37. The van der Waals surface area contributed by atoms with E-state index in [0.717, 1.165) is 19.0 Å². The lowest BCUT2D eigenvalue weighted by molar-refractivity contribution is -0.173. The molecule has 0 amide bonds. The molecule has 0 aromatic rings. The van der Waals surface area contributed by atoms with Crippen LogP contribution in [0.2, 0.25) is 0 Å². The third-order valence-corrected chi connectivity index (χ3v) is 3.39. The van der Waals surface area contributed by atoms with Crippen LogP contribution in [-0.2, 0) is 4.74 Å². The minimum Gasteiger partial charge on any atom is -0.372 e. The zero-order valence-electron chi connectivity index (χ0n) is 13.0. The molecule has 4 nitrogen and oxygen atoms in total. The van der Waals surface area contributed by atoms with Crippen molar-refractivity contribution in [3.8, 4) is 0 Å². The topological polar surface area (TPSA) is 36.9 Å². The van der Waals surface area contributed by atoms with Crippen molar-refractivity contribution >= 4 is 5.96 Å². The molecule has 2 unspecified atom stereocenters. The van der Waals surface area contributed by atoms with Crippen molar-refractivity contribution in [3.63, 3.8) is 0 Å². The maximum absolute atomic E-state index is 11.9. The quantitative estimate of drug-likeness (QED) is 0.482. The van der Waals surface area contributed by atoms with Gasteiger partial charge in [0.2, 0.25) is 0 Å². The standard InChI is InChI=1S/C14H26F3N3O/c1-11-7-12(2)9-20(8-11)13(18-3)19-5-4-6-21-10-14(15,16)17/h11-12H,4-10H2,1-3H3,(H,18,19). The molecule has 0 spiro atoms. The minimum absolute atomic E-state index is 0.0936. The molecule has 0 aliphatic carbocycles. The zero-order chi connectivity index (χ0) is 15.9. The molecule has 124 valence electrons. The van der Waals surface area contributed by atoms with E-state index in [4.69, 9.17) is 0 Å². The first-order valence-electron chi connectivity index (χ1n) is 7.42. The van der Waals surface area contributed by atoms with Crippen LogP contribution in [0.5, 0.6) is 0 Å². The van der Waals surface area contributed by atoms with Crippen LogP contribution in [0.1, 0.15) is 26.7 Å². The van der Waals surface area contributed by atoms with Crippen molar-refractivity contribution in [2.24, 2.45) is 16.8 Å². The fraction of sp³-hybridized carbons (Fsp3) is 0.929. The number of piperidine rings is 1. The van der Waals surface area contributed by atoms with Gasteiger partial charge in [-0.25, -0.2) is 0 Å². The van der Waals surface area contributed by atoms with Crippen LogP contribution < -0.4 is 5.32 Å². The summed E-state index contributed by atoms with van der Waals surface area (Å²) in [6.07, 6.45) is -2.50. The van der Waals surface area contributed by atoms with Crippen LogP contribution in [0.25, 0.3) is 0 Å². The van der Waals surface area contributed by atoms with Crippen LogP contribution in [0.15, 0.2) is 4.99 Å². The molecule has 0 radical (unpaired) electrons. The largest absolute Gasteiger partial charge is 0.411 e. The molecule has 1 aliphatic rings. The second-order valence-corrected chi connectivity index (χ2v) is 5.85. The van der Waals surface area contributed by atoms with Gasteiger partial charge in [-0.05, 0) is 24.7 Å². The number of aliphatic imine (C=N–C) groups is 1. The molecule has 1 saturated heterocycles. The predicted molar refractivity (Wildman–Crippen MR) is 77.4 cm³/mol. The van der Waals surface area contributed by atoms with E-state index in [1.807, 2.05) is 0 Å². The fourth-order valence-electron chi connectivity index (χ4n) is 2.73. The van der Waals surface area contributed by atoms with Gasteiger partial charge in [-0.2, -0.15) is 13.2 Å². The van der Waals surface area contributed by atoms with Crippen LogP contribution in [0.3, 0.4) is 0 Å². The Bertz CT molecular complexity index is 324. The highest BCUT2D eigenvalue weighted by Gasteiger charge is 2.27. The highest BCUT2D eigenvalue weighted by atomic mass is 19.4. The molecule has 21 heavy (non-hydrogen) atoms. The van der Waals surface area contributed by atoms with E-state index in [9.17, 15) is 13.2 Å². The number of hydrogen-bond acceptors (Lipinski definition) is 2. The van der Waals surface area contributed by atoms with E-state index in [2.05, 4.69) is 33.8 Å². The number of halogens is 3. The molecule has 7 heteroatoms. The maximum atomic E-state index is 11.9. The molecule has 1 heterocycles. The number of nitrogens with zero attached hydrogens (tertiary/aromatic N) is 2. The van der Waals surface area contributed by atoms with Gasteiger partial charge in [0, 0.05) is 33.3 Å². The molecule has 2 atom stereocenters. The van der Waals surface area contributed by atoms with E-state index < -0.39 is 12.8 Å². The van der Waals surface area contributed by atoms with Gasteiger partial charge in [-0.3, -0.25) is 4.99 Å². The van der Waals surface area contributed by atoms with E-state index in [1.165, 1.54) is 6.42 Å². The molecular weight excluding hydrogens is 283 g/mol. The van der Waals surface area contributed by atoms with Gasteiger partial charge in [0.25, 0.3) is 0 Å². The van der Waals surface area contributed by atoms with Crippen LogP contribution in [-0.4, -0.2) is 56.9 Å². The Morgan fingerprint density at radius 2 is 1.90 bits per heavy atom. The molecule has 1 aliphatic heterocycles. The van der Waals surface area contributed by atoms with Crippen LogP contribution in [0, 0.1) is 11.8 Å². The Balaban J connectivity index is 2.23. The summed E-state index contributed by atoms with van der Waals surface area (Å²) < 4.78 is 40.3.